The molecule has 1 fully saturated rings. The van der Waals surface area contributed by atoms with Gasteiger partial charge in [-0.15, -0.1) is 0 Å². The van der Waals surface area contributed by atoms with Crippen LogP contribution < -0.4 is 16.6 Å². The highest BCUT2D eigenvalue weighted by Gasteiger charge is 2.24. The zero-order valence-electron chi connectivity index (χ0n) is 11.9. The second-order valence-electron chi connectivity index (χ2n) is 5.54. The number of benzene rings is 1. The van der Waals surface area contributed by atoms with Crippen molar-refractivity contribution in [3.8, 4) is 0 Å². The van der Waals surface area contributed by atoms with Gasteiger partial charge in [0.2, 0.25) is 0 Å². The van der Waals surface area contributed by atoms with Crippen molar-refractivity contribution in [3.63, 3.8) is 0 Å². The molecule has 0 radical (unpaired) electrons. The Hall–Kier alpha value is -1.86. The van der Waals surface area contributed by atoms with Gasteiger partial charge in [0.15, 0.2) is 0 Å². The van der Waals surface area contributed by atoms with Crippen molar-refractivity contribution in [1.29, 1.82) is 0 Å². The number of aliphatic hydroxyl groups is 1. The number of nitrogen functional groups attached to an aromatic ring is 1. The Morgan fingerprint density at radius 3 is 2.52 bits per heavy atom. The highest BCUT2D eigenvalue weighted by atomic mass is 16.6. The van der Waals surface area contributed by atoms with Gasteiger partial charge in [0.05, 0.1) is 10.6 Å². The van der Waals surface area contributed by atoms with E-state index in [-0.39, 0.29) is 12.3 Å². The minimum Gasteiger partial charge on any atom is -0.396 e. The minimum atomic E-state index is -0.441. The molecule has 0 aromatic heterocycles. The number of rotatable bonds is 6. The standard InChI is InChI=1S/C14H22N4O3/c15-17-13-5-12(6-14(7-13)18(20)21)16-8-10-3-1-2-4-11(10)9-19/h5-7,10-11,16-17,19H,1-4,8-9,15H2. The van der Waals surface area contributed by atoms with E-state index >= 15 is 0 Å². The third-order valence-corrected chi connectivity index (χ3v) is 4.16. The average molecular weight is 294 g/mol. The molecule has 5 N–H and O–H groups in total. The van der Waals surface area contributed by atoms with E-state index in [9.17, 15) is 15.2 Å². The molecule has 0 spiro atoms. The maximum absolute atomic E-state index is 10.9. The maximum atomic E-state index is 10.9. The molecule has 1 aromatic carbocycles. The Kier molecular flexibility index (Phi) is 5.35. The summed E-state index contributed by atoms with van der Waals surface area (Å²) in [6, 6.07) is 4.63. The number of hydrogen-bond donors (Lipinski definition) is 4. The van der Waals surface area contributed by atoms with Gasteiger partial charge in [0.1, 0.15) is 0 Å². The first-order chi connectivity index (χ1) is 10.1. The van der Waals surface area contributed by atoms with Crippen LogP contribution in [0.2, 0.25) is 0 Å². The Balaban J connectivity index is 2.04. The van der Waals surface area contributed by atoms with E-state index in [0.717, 1.165) is 12.8 Å². The zero-order chi connectivity index (χ0) is 15.2. The molecule has 1 aromatic rings. The number of anilines is 2. The monoisotopic (exact) mass is 294 g/mol. The number of nitro groups is 1. The number of aliphatic hydroxyl groups excluding tert-OH is 1. The van der Waals surface area contributed by atoms with Crippen molar-refractivity contribution in [3.05, 3.63) is 28.3 Å². The lowest BCUT2D eigenvalue weighted by molar-refractivity contribution is -0.384. The highest BCUT2D eigenvalue weighted by molar-refractivity contribution is 5.63. The fourth-order valence-corrected chi connectivity index (χ4v) is 2.94. The summed E-state index contributed by atoms with van der Waals surface area (Å²) in [4.78, 5) is 10.5. The highest BCUT2D eigenvalue weighted by Crippen LogP contribution is 2.30. The molecule has 2 unspecified atom stereocenters. The summed E-state index contributed by atoms with van der Waals surface area (Å²) < 4.78 is 0. The third kappa shape index (κ3) is 4.05. The Bertz CT molecular complexity index is 495. The van der Waals surface area contributed by atoms with Crippen LogP contribution in [0.3, 0.4) is 0 Å². The molecule has 0 heterocycles. The van der Waals surface area contributed by atoms with Crippen molar-refractivity contribution in [2.45, 2.75) is 25.7 Å². The lowest BCUT2D eigenvalue weighted by Crippen LogP contribution is -2.28. The Morgan fingerprint density at radius 2 is 1.90 bits per heavy atom. The molecule has 2 rings (SSSR count). The molecular weight excluding hydrogens is 272 g/mol. The van der Waals surface area contributed by atoms with Crippen molar-refractivity contribution >= 4 is 17.1 Å². The van der Waals surface area contributed by atoms with Crippen molar-refractivity contribution in [2.75, 3.05) is 23.9 Å². The molecule has 1 saturated carbocycles. The first-order valence-corrected chi connectivity index (χ1v) is 7.25. The van der Waals surface area contributed by atoms with Crippen molar-refractivity contribution < 1.29 is 10.0 Å². The Morgan fingerprint density at radius 1 is 1.24 bits per heavy atom. The largest absolute Gasteiger partial charge is 0.396 e. The van der Waals surface area contributed by atoms with Gasteiger partial charge in [-0.1, -0.05) is 12.8 Å². The second-order valence-corrected chi connectivity index (χ2v) is 5.54. The van der Waals surface area contributed by atoms with E-state index in [1.165, 1.54) is 25.0 Å². The summed E-state index contributed by atoms with van der Waals surface area (Å²) in [5, 5.41) is 23.6. The van der Waals surface area contributed by atoms with Crippen molar-refractivity contribution in [2.24, 2.45) is 17.7 Å². The molecular formula is C14H22N4O3. The van der Waals surface area contributed by atoms with Crippen LogP contribution in [0.5, 0.6) is 0 Å². The van der Waals surface area contributed by atoms with Gasteiger partial charge in [-0.3, -0.25) is 16.0 Å². The molecule has 0 aliphatic heterocycles. The summed E-state index contributed by atoms with van der Waals surface area (Å²) in [6.07, 6.45) is 4.47. The van der Waals surface area contributed by atoms with E-state index in [4.69, 9.17) is 5.84 Å². The number of nitrogens with one attached hydrogen (secondary N) is 2. The average Bonchev–Trinajstić information content (AvgIpc) is 2.52. The number of hydrazine groups is 1. The molecule has 1 aliphatic carbocycles. The maximum Gasteiger partial charge on any atom is 0.273 e. The molecule has 21 heavy (non-hydrogen) atoms. The van der Waals surface area contributed by atoms with Gasteiger partial charge >= 0.3 is 0 Å². The lowest BCUT2D eigenvalue weighted by atomic mass is 9.79. The van der Waals surface area contributed by atoms with E-state index in [1.54, 1.807) is 6.07 Å². The molecule has 116 valence electrons. The topological polar surface area (TPSA) is 113 Å². The van der Waals surface area contributed by atoms with Crippen LogP contribution in [0, 0.1) is 22.0 Å². The van der Waals surface area contributed by atoms with Crippen molar-refractivity contribution in [1.82, 2.24) is 0 Å². The molecule has 1 aliphatic rings. The lowest BCUT2D eigenvalue weighted by Gasteiger charge is -2.30. The van der Waals surface area contributed by atoms with Crippen LogP contribution in [0.15, 0.2) is 18.2 Å². The van der Waals surface area contributed by atoms with Gasteiger partial charge in [0, 0.05) is 31.0 Å². The van der Waals surface area contributed by atoms with E-state index < -0.39 is 4.92 Å². The molecule has 0 amide bonds. The smallest absolute Gasteiger partial charge is 0.273 e. The summed E-state index contributed by atoms with van der Waals surface area (Å²) >= 11 is 0. The minimum absolute atomic E-state index is 0.00435. The molecule has 7 nitrogen and oxygen atoms in total. The molecule has 2 atom stereocenters. The predicted octanol–water partition coefficient (Wildman–Crippen LogP) is 2.09. The number of nitro benzene ring substituents is 1. The number of nitrogens with two attached hydrogens (primary N) is 1. The van der Waals surface area contributed by atoms with Crippen LogP contribution in [-0.4, -0.2) is 23.2 Å². The fraction of sp³-hybridized carbons (Fsp3) is 0.571. The molecule has 7 heteroatoms. The van der Waals surface area contributed by atoms with E-state index in [2.05, 4.69) is 10.7 Å². The second kappa shape index (κ2) is 7.24. The molecule has 0 bridgehead atoms. The Labute approximate surface area is 123 Å². The number of non-ortho nitro benzene ring substituents is 1. The predicted molar refractivity (Wildman–Crippen MR) is 81.9 cm³/mol. The summed E-state index contributed by atoms with van der Waals surface area (Å²) in [5.74, 6) is 6.05. The van der Waals surface area contributed by atoms with Crippen LogP contribution in [-0.2, 0) is 0 Å². The van der Waals surface area contributed by atoms with Gasteiger partial charge in [-0.25, -0.2) is 0 Å². The molecule has 0 saturated heterocycles. The van der Waals surface area contributed by atoms with Gasteiger partial charge in [-0.05, 0) is 30.7 Å². The summed E-state index contributed by atoms with van der Waals surface area (Å²) in [5.41, 5.74) is 3.59. The van der Waals surface area contributed by atoms with Crippen LogP contribution >= 0.6 is 0 Å². The third-order valence-electron chi connectivity index (χ3n) is 4.16. The van der Waals surface area contributed by atoms with Gasteiger partial charge in [0.25, 0.3) is 5.69 Å². The van der Waals surface area contributed by atoms with Gasteiger partial charge < -0.3 is 15.8 Å². The van der Waals surface area contributed by atoms with Gasteiger partial charge in [-0.2, -0.15) is 0 Å². The summed E-state index contributed by atoms with van der Waals surface area (Å²) in [6.45, 7) is 0.910. The van der Waals surface area contributed by atoms with E-state index in [1.807, 2.05) is 0 Å². The quantitative estimate of drug-likeness (QED) is 0.363. The zero-order valence-corrected chi connectivity index (χ0v) is 11.9. The van der Waals surface area contributed by atoms with E-state index in [0.29, 0.717) is 29.8 Å². The SMILES string of the molecule is NNc1cc(NCC2CCCCC2CO)cc([N+](=O)[O-])c1. The normalized spacial score (nSPS) is 21.8. The van der Waals surface area contributed by atoms with Crippen LogP contribution in [0.25, 0.3) is 0 Å². The van der Waals surface area contributed by atoms with Crippen LogP contribution in [0.1, 0.15) is 25.7 Å². The fourth-order valence-electron chi connectivity index (χ4n) is 2.94. The summed E-state index contributed by atoms with van der Waals surface area (Å²) in [7, 11) is 0. The number of hydrogen-bond acceptors (Lipinski definition) is 6. The first-order valence-electron chi connectivity index (χ1n) is 7.25. The first kappa shape index (κ1) is 15.5. The number of nitrogens with zero attached hydrogens (tertiary/aromatic N) is 1. The van der Waals surface area contributed by atoms with Crippen LogP contribution in [0.4, 0.5) is 17.1 Å².